The largest absolute Gasteiger partial charge is 0.493 e. The third-order valence-corrected chi connectivity index (χ3v) is 3.66. The van der Waals surface area contributed by atoms with Crippen LogP contribution in [0.4, 0.5) is 5.82 Å². The van der Waals surface area contributed by atoms with Gasteiger partial charge in [0.05, 0.1) is 13.4 Å². The number of rotatable bonds is 5. The lowest BCUT2D eigenvalue weighted by atomic mass is 10.2. The molecule has 1 aromatic carbocycles. The molecule has 0 unspecified atom stereocenters. The van der Waals surface area contributed by atoms with Crippen molar-refractivity contribution in [3.63, 3.8) is 0 Å². The monoisotopic (exact) mass is 339 g/mol. The fourth-order valence-corrected chi connectivity index (χ4v) is 2.35. The van der Waals surface area contributed by atoms with E-state index in [1.807, 2.05) is 47.2 Å². The lowest BCUT2D eigenvalue weighted by Gasteiger charge is -2.12. The Labute approximate surface area is 145 Å². The van der Waals surface area contributed by atoms with Gasteiger partial charge in [0.2, 0.25) is 0 Å². The Morgan fingerprint density at radius 3 is 2.75 bits per heavy atom. The molecule has 0 amide bonds. The molecule has 0 saturated heterocycles. The van der Waals surface area contributed by atoms with Gasteiger partial charge in [0.15, 0.2) is 16.7 Å². The molecule has 3 aromatic rings. The average Bonchev–Trinajstić information content (AvgIpc) is 3.15. The van der Waals surface area contributed by atoms with E-state index >= 15 is 0 Å². The molecule has 0 aliphatic heterocycles. The Morgan fingerprint density at radius 1 is 1.21 bits per heavy atom. The zero-order chi connectivity index (χ0) is 16.8. The summed E-state index contributed by atoms with van der Waals surface area (Å²) in [4.78, 5) is 8.26. The predicted octanol–water partition coefficient (Wildman–Crippen LogP) is 2.76. The van der Waals surface area contributed by atoms with Crippen LogP contribution in [0.5, 0.6) is 5.75 Å². The van der Waals surface area contributed by atoms with Gasteiger partial charge in [-0.1, -0.05) is 12.1 Å². The summed E-state index contributed by atoms with van der Waals surface area (Å²) in [6, 6.07) is 11.8. The van der Waals surface area contributed by atoms with E-state index in [0.29, 0.717) is 23.2 Å². The highest BCUT2D eigenvalue weighted by Gasteiger charge is 2.05. The number of aromatic nitrogens is 3. The summed E-state index contributed by atoms with van der Waals surface area (Å²) in [6.07, 6.45) is 7.12. The quantitative estimate of drug-likeness (QED) is 0.697. The average molecular weight is 339 g/mol. The van der Waals surface area contributed by atoms with Crippen LogP contribution in [-0.2, 0) is 6.54 Å². The van der Waals surface area contributed by atoms with E-state index < -0.39 is 0 Å². The van der Waals surface area contributed by atoms with Crippen molar-refractivity contribution >= 4 is 23.1 Å². The molecule has 0 spiro atoms. The molecular weight excluding hydrogens is 322 g/mol. The highest BCUT2D eigenvalue weighted by atomic mass is 32.1. The Kier molecular flexibility index (Phi) is 5.02. The van der Waals surface area contributed by atoms with Gasteiger partial charge in [-0.15, -0.1) is 0 Å². The molecule has 0 bridgehead atoms. The summed E-state index contributed by atoms with van der Waals surface area (Å²) in [5, 5.41) is 6.69. The minimum Gasteiger partial charge on any atom is -0.493 e. The smallest absolute Gasteiger partial charge is 0.174 e. The number of pyridine rings is 1. The van der Waals surface area contributed by atoms with E-state index in [1.54, 1.807) is 25.8 Å². The molecule has 7 heteroatoms. The lowest BCUT2D eigenvalue weighted by Crippen LogP contribution is -2.28. The van der Waals surface area contributed by atoms with Crippen molar-refractivity contribution in [3.05, 3.63) is 66.9 Å². The Bertz CT molecular complexity index is 802. The van der Waals surface area contributed by atoms with Crippen molar-refractivity contribution in [3.8, 4) is 11.4 Å². The zero-order valence-electron chi connectivity index (χ0n) is 13.1. The van der Waals surface area contributed by atoms with Crippen molar-refractivity contribution in [2.45, 2.75) is 6.54 Å². The number of nitrogens with zero attached hydrogens (tertiary/aromatic N) is 3. The molecule has 0 aliphatic rings. The van der Waals surface area contributed by atoms with E-state index in [4.69, 9.17) is 17.0 Å². The number of methoxy groups -OCH3 is 1. The first kappa shape index (κ1) is 15.9. The molecule has 2 aromatic heterocycles. The molecular formula is C17H17N5OS. The topological polar surface area (TPSA) is 64.0 Å². The van der Waals surface area contributed by atoms with E-state index in [9.17, 15) is 0 Å². The summed E-state index contributed by atoms with van der Waals surface area (Å²) < 4.78 is 7.19. The Hall–Kier alpha value is -2.93. The summed E-state index contributed by atoms with van der Waals surface area (Å²) in [7, 11) is 1.60. The van der Waals surface area contributed by atoms with Crippen LogP contribution < -0.4 is 15.4 Å². The van der Waals surface area contributed by atoms with Gasteiger partial charge in [-0.25, -0.2) is 9.97 Å². The molecule has 2 N–H and O–H groups in total. The number of hydrogen-bond acceptors (Lipinski definition) is 4. The summed E-state index contributed by atoms with van der Waals surface area (Å²) in [5.41, 5.74) is 2.19. The van der Waals surface area contributed by atoms with Crippen LogP contribution in [0.3, 0.4) is 0 Å². The molecule has 3 rings (SSSR count). The highest BCUT2D eigenvalue weighted by molar-refractivity contribution is 7.80. The van der Waals surface area contributed by atoms with Gasteiger partial charge in [0, 0.05) is 30.8 Å². The lowest BCUT2D eigenvalue weighted by molar-refractivity contribution is 0.415. The second kappa shape index (κ2) is 7.56. The number of hydrogen-bond donors (Lipinski definition) is 2. The molecule has 0 radical (unpaired) electrons. The van der Waals surface area contributed by atoms with Crippen molar-refractivity contribution in [1.29, 1.82) is 0 Å². The van der Waals surface area contributed by atoms with Crippen molar-refractivity contribution < 1.29 is 4.74 Å². The standard InChI is InChI=1S/C17H17N5OS/c1-23-15-3-2-8-19-16(15)21-17(24)20-11-13-4-6-14(7-5-13)22-10-9-18-12-22/h2-10,12H,11H2,1H3,(H2,19,20,21,24). The minimum atomic E-state index is 0.491. The van der Waals surface area contributed by atoms with Crippen LogP contribution >= 0.6 is 12.2 Å². The van der Waals surface area contributed by atoms with Crippen LogP contribution in [0.15, 0.2) is 61.3 Å². The third kappa shape index (κ3) is 3.88. The van der Waals surface area contributed by atoms with Crippen molar-refractivity contribution in [2.75, 3.05) is 12.4 Å². The van der Waals surface area contributed by atoms with Gasteiger partial charge in [-0.05, 0) is 42.0 Å². The second-order valence-electron chi connectivity index (χ2n) is 5.00. The number of imidazole rings is 1. The number of nitrogens with one attached hydrogen (secondary N) is 2. The van der Waals surface area contributed by atoms with Crippen LogP contribution in [-0.4, -0.2) is 26.8 Å². The normalized spacial score (nSPS) is 10.2. The zero-order valence-corrected chi connectivity index (χ0v) is 14.0. The van der Waals surface area contributed by atoms with E-state index in [2.05, 4.69) is 20.6 Å². The molecule has 6 nitrogen and oxygen atoms in total. The Balaban J connectivity index is 1.56. The maximum atomic E-state index is 5.30. The van der Waals surface area contributed by atoms with Crippen LogP contribution in [0.2, 0.25) is 0 Å². The van der Waals surface area contributed by atoms with E-state index in [0.717, 1.165) is 11.3 Å². The number of thiocarbonyl (C=S) groups is 1. The van der Waals surface area contributed by atoms with Gasteiger partial charge in [0.1, 0.15) is 0 Å². The Morgan fingerprint density at radius 2 is 2.04 bits per heavy atom. The predicted molar refractivity (Wildman–Crippen MR) is 97.4 cm³/mol. The molecule has 0 atom stereocenters. The molecule has 0 aliphatic carbocycles. The number of anilines is 1. The van der Waals surface area contributed by atoms with Gasteiger partial charge < -0.3 is 19.9 Å². The summed E-state index contributed by atoms with van der Waals surface area (Å²) in [5.74, 6) is 1.24. The summed E-state index contributed by atoms with van der Waals surface area (Å²) in [6.45, 7) is 0.616. The first-order chi connectivity index (χ1) is 11.8. The molecule has 122 valence electrons. The summed E-state index contributed by atoms with van der Waals surface area (Å²) >= 11 is 5.30. The molecule has 0 saturated carbocycles. The SMILES string of the molecule is COc1cccnc1NC(=S)NCc1ccc(-n2ccnc2)cc1. The van der Waals surface area contributed by atoms with Gasteiger partial charge >= 0.3 is 0 Å². The maximum Gasteiger partial charge on any atom is 0.174 e. The van der Waals surface area contributed by atoms with Crippen molar-refractivity contribution in [1.82, 2.24) is 19.9 Å². The first-order valence-corrected chi connectivity index (χ1v) is 7.78. The fraction of sp³-hybridized carbons (Fsp3) is 0.118. The van der Waals surface area contributed by atoms with Gasteiger partial charge in [-0.3, -0.25) is 0 Å². The highest BCUT2D eigenvalue weighted by Crippen LogP contribution is 2.19. The number of benzene rings is 1. The van der Waals surface area contributed by atoms with Crippen LogP contribution in [0.25, 0.3) is 5.69 Å². The fourth-order valence-electron chi connectivity index (χ4n) is 2.18. The molecule has 2 heterocycles. The van der Waals surface area contributed by atoms with Gasteiger partial charge in [0.25, 0.3) is 0 Å². The maximum absolute atomic E-state index is 5.30. The van der Waals surface area contributed by atoms with Crippen LogP contribution in [0, 0.1) is 0 Å². The van der Waals surface area contributed by atoms with Crippen LogP contribution in [0.1, 0.15) is 5.56 Å². The third-order valence-electron chi connectivity index (χ3n) is 3.41. The number of ether oxygens (including phenoxy) is 1. The molecule has 0 fully saturated rings. The molecule has 24 heavy (non-hydrogen) atoms. The van der Waals surface area contributed by atoms with Gasteiger partial charge in [-0.2, -0.15) is 0 Å². The van der Waals surface area contributed by atoms with E-state index in [-0.39, 0.29) is 0 Å². The second-order valence-corrected chi connectivity index (χ2v) is 5.41. The van der Waals surface area contributed by atoms with Crippen molar-refractivity contribution in [2.24, 2.45) is 0 Å². The minimum absolute atomic E-state index is 0.491. The van der Waals surface area contributed by atoms with E-state index in [1.165, 1.54) is 0 Å². The first-order valence-electron chi connectivity index (χ1n) is 7.37.